The Morgan fingerprint density at radius 3 is 0.898 bits per heavy atom. The Morgan fingerprint density at radius 1 is 0.102 bits per heavy atom. The number of hydrogen-bond acceptors (Lipinski definition) is 3. The van der Waals surface area contributed by atoms with Crippen LogP contribution in [0.1, 0.15) is 0 Å². The van der Waals surface area contributed by atoms with Crippen LogP contribution in [0.4, 0.5) is 0 Å². The molecule has 31 rings (SSSR count). The van der Waals surface area contributed by atoms with Gasteiger partial charge in [-0.2, -0.15) is 0 Å². The highest BCUT2D eigenvalue weighted by atomic mass is 16.3. The van der Waals surface area contributed by atoms with E-state index in [4.69, 9.17) is 13.3 Å². The second kappa shape index (κ2) is 34.8. The third kappa shape index (κ3) is 13.8. The predicted molar refractivity (Wildman–Crippen MR) is 626 cm³/mol. The average molecular weight is 1870 g/mol. The highest BCUT2D eigenvalue weighted by Crippen LogP contribution is 2.56. The summed E-state index contributed by atoms with van der Waals surface area (Å²) in [6.45, 7) is 0. The van der Waals surface area contributed by atoms with Gasteiger partial charge in [-0.15, -0.1) is 0 Å². The molecule has 31 aromatic rings. The van der Waals surface area contributed by atoms with Gasteiger partial charge in [-0.05, 0) is 284 Å². The van der Waals surface area contributed by atoms with Gasteiger partial charge in [0, 0.05) is 43.4 Å². The molecule has 0 radical (unpaired) electrons. The van der Waals surface area contributed by atoms with E-state index in [1.54, 1.807) is 0 Å². The number of benzene rings is 28. The molecule has 28 aromatic carbocycles. The van der Waals surface area contributed by atoms with Gasteiger partial charge in [0.2, 0.25) is 0 Å². The van der Waals surface area contributed by atoms with Gasteiger partial charge in [-0.3, -0.25) is 0 Å². The van der Waals surface area contributed by atoms with Crippen LogP contribution in [0.5, 0.6) is 0 Å². The van der Waals surface area contributed by atoms with E-state index in [1.807, 2.05) is 6.07 Å². The Kier molecular flexibility index (Phi) is 20.0. The number of hydrogen-bond donors (Lipinski definition) is 0. The van der Waals surface area contributed by atoms with Gasteiger partial charge in [0.1, 0.15) is 33.5 Å². The van der Waals surface area contributed by atoms with E-state index in [2.05, 4.69) is 528 Å². The maximum atomic E-state index is 6.71. The van der Waals surface area contributed by atoms with Crippen molar-refractivity contribution in [3.63, 3.8) is 0 Å². The van der Waals surface area contributed by atoms with Crippen molar-refractivity contribution < 1.29 is 13.3 Å². The van der Waals surface area contributed by atoms with Crippen LogP contribution in [0, 0.1) is 0 Å². The second-order valence-electron chi connectivity index (χ2n) is 38.7. The molecule has 0 amide bonds. The second-order valence-corrected chi connectivity index (χ2v) is 38.7. The molecule has 0 bridgehead atoms. The van der Waals surface area contributed by atoms with E-state index in [0.29, 0.717) is 0 Å². The molecule has 0 saturated heterocycles. The molecule has 0 unspecified atom stereocenters. The summed E-state index contributed by atoms with van der Waals surface area (Å²) in [5, 5.41) is 36.7. The Hall–Kier alpha value is -19.3. The zero-order valence-electron chi connectivity index (χ0n) is 80.0. The van der Waals surface area contributed by atoms with Gasteiger partial charge in [-0.25, -0.2) is 0 Å². The highest BCUT2D eigenvalue weighted by molar-refractivity contribution is 6.32. The normalized spacial score (nSPS) is 11.8. The molecule has 3 heterocycles. The van der Waals surface area contributed by atoms with Crippen molar-refractivity contribution in [2.45, 2.75) is 0 Å². The van der Waals surface area contributed by atoms with Crippen LogP contribution in [-0.2, 0) is 0 Å². The lowest BCUT2D eigenvalue weighted by molar-refractivity contribution is 0.669. The van der Waals surface area contributed by atoms with E-state index < -0.39 is 0 Å². The van der Waals surface area contributed by atoms with Crippen molar-refractivity contribution in [3.8, 4) is 111 Å². The van der Waals surface area contributed by atoms with E-state index in [9.17, 15) is 0 Å². The van der Waals surface area contributed by atoms with Crippen LogP contribution in [0.3, 0.4) is 0 Å². The topological polar surface area (TPSA) is 39.4 Å². The number of para-hydroxylation sites is 3. The third-order valence-electron chi connectivity index (χ3n) is 30.7. The minimum absolute atomic E-state index is 0.899. The van der Waals surface area contributed by atoms with Crippen molar-refractivity contribution >= 4 is 195 Å². The van der Waals surface area contributed by atoms with E-state index >= 15 is 0 Å². The van der Waals surface area contributed by atoms with E-state index in [1.165, 1.54) is 218 Å². The average Bonchev–Trinajstić information content (AvgIpc) is 1.66. The van der Waals surface area contributed by atoms with Crippen LogP contribution < -0.4 is 0 Å². The molecule has 0 aliphatic rings. The van der Waals surface area contributed by atoms with Crippen LogP contribution in [-0.4, -0.2) is 0 Å². The summed E-state index contributed by atoms with van der Waals surface area (Å²) < 4.78 is 19.9. The van der Waals surface area contributed by atoms with Gasteiger partial charge < -0.3 is 13.3 Å². The van der Waals surface area contributed by atoms with E-state index in [-0.39, 0.29) is 0 Å². The summed E-state index contributed by atoms with van der Waals surface area (Å²) in [7, 11) is 0. The molecule has 3 nitrogen and oxygen atoms in total. The SMILES string of the molecule is c1ccc(-c2ccccc2-c2c3ccccc3c(-c3cccc4oc5c(-c6ccccc6)cccc5c34)c3ccccc23)cc1.c1ccc2c(-c3cc(-c4c5ccccc5c(-c5cc6ccccc6c6ccccc56)c5ccccc45)cc4c3oc3ccccc34)cccc2c1.c1ccc2c(-c3cc4oc5ccccc5c4cc3-c3c4ccccc4c(-c4cc5ccccc5c5ccccc45)c4ccccc34)cccc2c1. The summed E-state index contributed by atoms with van der Waals surface area (Å²) in [5.74, 6) is 0. The van der Waals surface area contributed by atoms with Crippen LogP contribution in [0.2, 0.25) is 0 Å². The van der Waals surface area contributed by atoms with Gasteiger partial charge in [0.05, 0.1) is 0 Å². The zero-order valence-corrected chi connectivity index (χ0v) is 80.0. The van der Waals surface area contributed by atoms with Crippen molar-refractivity contribution in [1.29, 1.82) is 0 Å². The van der Waals surface area contributed by atoms with Crippen LogP contribution in [0.15, 0.2) is 547 Å². The molecule has 0 saturated carbocycles. The lowest BCUT2D eigenvalue weighted by Crippen LogP contribution is -1.94. The fourth-order valence-electron chi connectivity index (χ4n) is 24.4. The molecule has 0 spiro atoms. The monoisotopic (exact) mass is 1860 g/mol. The summed E-state index contributed by atoms with van der Waals surface area (Å²) in [6.07, 6.45) is 0. The smallest absolute Gasteiger partial charge is 0.143 e. The fourth-order valence-corrected chi connectivity index (χ4v) is 24.4. The fraction of sp³-hybridized carbons (Fsp3) is 0. The molecule has 0 aliphatic heterocycles. The van der Waals surface area contributed by atoms with Gasteiger partial charge in [-0.1, -0.05) is 479 Å². The number of fused-ring (bicyclic) bond motifs is 23. The molecule has 0 N–H and O–H groups in total. The summed E-state index contributed by atoms with van der Waals surface area (Å²) in [5.41, 5.74) is 29.7. The maximum Gasteiger partial charge on any atom is 0.143 e. The van der Waals surface area contributed by atoms with Gasteiger partial charge in [0.25, 0.3) is 0 Å². The first-order valence-corrected chi connectivity index (χ1v) is 50.6. The quantitative estimate of drug-likeness (QED) is 0.101. The molecule has 0 atom stereocenters. The molecule has 3 heteroatoms. The molecule has 682 valence electrons. The Balaban J connectivity index is 0.000000104. The van der Waals surface area contributed by atoms with Crippen molar-refractivity contribution in [3.05, 3.63) is 534 Å². The minimum atomic E-state index is 0.899. The Morgan fingerprint density at radius 2 is 0.401 bits per heavy atom. The Bertz CT molecular complexity index is 10700. The van der Waals surface area contributed by atoms with Gasteiger partial charge in [0.15, 0.2) is 0 Å². The van der Waals surface area contributed by atoms with Crippen molar-refractivity contribution in [1.82, 2.24) is 0 Å². The first kappa shape index (κ1) is 84.5. The van der Waals surface area contributed by atoms with Crippen molar-refractivity contribution in [2.24, 2.45) is 0 Å². The summed E-state index contributed by atoms with van der Waals surface area (Å²) in [6, 6.07) is 194. The number of rotatable bonds is 10. The van der Waals surface area contributed by atoms with Gasteiger partial charge >= 0.3 is 0 Å². The molecule has 0 fully saturated rings. The lowest BCUT2D eigenvalue weighted by Gasteiger charge is -2.21. The molecule has 0 aliphatic carbocycles. The summed E-state index contributed by atoms with van der Waals surface area (Å²) >= 11 is 0. The molecular formula is C144H88O3. The standard InChI is InChI=1S/2C50H30O.C44H28O/c1-3-17-34-31(14-1)16-13-26-37(34)45-29-33(30-46-39-21-11-12-27-47(39)51-50(45)46)48-40-22-7-9-24-42(40)49(43-25-10-8-23-41(43)48)44-28-32-15-2-4-18-35(32)36-19-5-6-20-38(36)44;1-3-17-33-31(14-1)16-13-26-36(33)43-30-48-44(38-21-11-12-27-47(38)51-48)29-46(43)50-41-24-9-7-22-39(41)49(40-23-8-10-25-42(40)50)45-28-32-15-2-4-18-34(32)35-19-5-6-20-37(35)45;1-3-15-29(16-4-1)31-19-7-8-20-33(31)41-34-21-9-11-23-36(34)42(37-24-12-10-22-35(37)41)38-26-14-28-40-43(38)39-27-13-25-32(44(39)45-40)30-17-5-2-6-18-30/h2*1-30H;1-28H. The Labute approximate surface area is 847 Å². The van der Waals surface area contributed by atoms with Crippen LogP contribution in [0.25, 0.3) is 306 Å². The molecular weight excluding hydrogens is 1780 g/mol. The highest BCUT2D eigenvalue weighted by Gasteiger charge is 2.29. The first-order chi connectivity index (χ1) is 73.0. The third-order valence-corrected chi connectivity index (χ3v) is 30.7. The van der Waals surface area contributed by atoms with E-state index in [0.717, 1.165) is 88.1 Å². The minimum Gasteiger partial charge on any atom is -0.456 e. The number of furan rings is 3. The largest absolute Gasteiger partial charge is 0.456 e. The molecule has 3 aromatic heterocycles. The van der Waals surface area contributed by atoms with Crippen LogP contribution >= 0.6 is 0 Å². The summed E-state index contributed by atoms with van der Waals surface area (Å²) in [4.78, 5) is 0. The molecule has 147 heavy (non-hydrogen) atoms. The maximum absolute atomic E-state index is 6.71. The zero-order chi connectivity index (χ0) is 96.7. The van der Waals surface area contributed by atoms with Crippen molar-refractivity contribution in [2.75, 3.05) is 0 Å². The predicted octanol–water partition coefficient (Wildman–Crippen LogP) is 41.3. The first-order valence-electron chi connectivity index (χ1n) is 50.6. The lowest BCUT2D eigenvalue weighted by atomic mass is 9.81.